The van der Waals surface area contributed by atoms with Crippen LogP contribution in [0.3, 0.4) is 0 Å². The van der Waals surface area contributed by atoms with Crippen LogP contribution in [0.25, 0.3) is 22.6 Å². The summed E-state index contributed by atoms with van der Waals surface area (Å²) in [5.41, 5.74) is 2.86. The fourth-order valence-corrected chi connectivity index (χ4v) is 2.52. The molecular weight excluding hydrogens is 332 g/mol. The molecule has 1 unspecified atom stereocenters. The Morgan fingerprint density at radius 3 is 2.83 bits per heavy atom. The number of nitrogens with zero attached hydrogens (tertiary/aromatic N) is 1. The standard InChI is InChI=1S/C17H17ClN2O4/c1-23-15-4-2-10(6-13(15)18)17-20-14-7-11(3-5-16(14)24-17)19-8-12(22)9-21/h2-7,12,19,21-22H,8-9H2,1H3. The number of benzene rings is 2. The van der Waals surface area contributed by atoms with Gasteiger partial charge in [0.1, 0.15) is 11.3 Å². The van der Waals surface area contributed by atoms with Crippen molar-refractivity contribution in [1.29, 1.82) is 0 Å². The zero-order valence-electron chi connectivity index (χ0n) is 13.0. The molecule has 0 spiro atoms. The Morgan fingerprint density at radius 1 is 1.29 bits per heavy atom. The lowest BCUT2D eigenvalue weighted by Crippen LogP contribution is -2.22. The molecule has 24 heavy (non-hydrogen) atoms. The lowest BCUT2D eigenvalue weighted by Gasteiger charge is -2.09. The molecule has 3 aromatic rings. The third kappa shape index (κ3) is 3.46. The van der Waals surface area contributed by atoms with Gasteiger partial charge in [0.15, 0.2) is 5.58 Å². The first kappa shape index (κ1) is 16.6. The molecule has 1 aromatic heterocycles. The van der Waals surface area contributed by atoms with Crippen LogP contribution in [-0.4, -0.2) is 41.6 Å². The minimum atomic E-state index is -0.810. The average molecular weight is 349 g/mol. The molecule has 0 aliphatic carbocycles. The van der Waals surface area contributed by atoms with Crippen LogP contribution >= 0.6 is 11.6 Å². The predicted molar refractivity (Wildman–Crippen MR) is 92.6 cm³/mol. The molecule has 1 heterocycles. The topological polar surface area (TPSA) is 87.8 Å². The van der Waals surface area contributed by atoms with Crippen molar-refractivity contribution >= 4 is 28.4 Å². The quantitative estimate of drug-likeness (QED) is 0.635. The van der Waals surface area contributed by atoms with Crippen molar-refractivity contribution in [2.45, 2.75) is 6.10 Å². The first-order valence-corrected chi connectivity index (χ1v) is 7.76. The number of methoxy groups -OCH3 is 1. The Bertz CT molecular complexity index is 850. The Kier molecular flexibility index (Phi) is 4.89. The number of halogens is 1. The number of aliphatic hydroxyl groups is 2. The van der Waals surface area contributed by atoms with E-state index in [0.717, 1.165) is 11.3 Å². The number of fused-ring (bicyclic) bond motifs is 1. The number of anilines is 1. The summed E-state index contributed by atoms with van der Waals surface area (Å²) in [6.07, 6.45) is -0.810. The molecule has 7 heteroatoms. The first-order valence-electron chi connectivity index (χ1n) is 7.38. The fraction of sp³-hybridized carbons (Fsp3) is 0.235. The van der Waals surface area contributed by atoms with Crippen molar-refractivity contribution in [1.82, 2.24) is 4.98 Å². The second kappa shape index (κ2) is 7.09. The van der Waals surface area contributed by atoms with Crippen LogP contribution in [0.2, 0.25) is 5.02 Å². The van der Waals surface area contributed by atoms with E-state index < -0.39 is 6.10 Å². The SMILES string of the molecule is COc1ccc(-c2nc3cc(NCC(O)CO)ccc3o2)cc1Cl. The van der Waals surface area contributed by atoms with Crippen LogP contribution in [-0.2, 0) is 0 Å². The predicted octanol–water partition coefficient (Wildman–Crippen LogP) is 2.92. The van der Waals surface area contributed by atoms with E-state index in [9.17, 15) is 5.11 Å². The van der Waals surface area contributed by atoms with E-state index in [0.29, 0.717) is 27.8 Å². The van der Waals surface area contributed by atoms with Gasteiger partial charge in [0.05, 0.1) is 24.8 Å². The molecule has 0 aliphatic rings. The highest BCUT2D eigenvalue weighted by Gasteiger charge is 2.11. The van der Waals surface area contributed by atoms with Gasteiger partial charge in [-0.2, -0.15) is 0 Å². The molecular formula is C17H17ClN2O4. The van der Waals surface area contributed by atoms with Crippen molar-refractivity contribution < 1.29 is 19.4 Å². The number of aromatic nitrogens is 1. The molecule has 3 N–H and O–H groups in total. The lowest BCUT2D eigenvalue weighted by molar-refractivity contribution is 0.105. The van der Waals surface area contributed by atoms with E-state index in [1.165, 1.54) is 0 Å². The van der Waals surface area contributed by atoms with Crippen molar-refractivity contribution in [3.05, 3.63) is 41.4 Å². The normalized spacial score (nSPS) is 12.3. The summed E-state index contributed by atoms with van der Waals surface area (Å²) in [7, 11) is 1.56. The molecule has 126 valence electrons. The summed E-state index contributed by atoms with van der Waals surface area (Å²) in [5.74, 6) is 1.05. The maximum atomic E-state index is 9.38. The van der Waals surface area contributed by atoms with Gasteiger partial charge in [-0.25, -0.2) is 4.98 Å². The number of rotatable bonds is 6. The fourth-order valence-electron chi connectivity index (χ4n) is 2.26. The smallest absolute Gasteiger partial charge is 0.227 e. The molecule has 0 fully saturated rings. The second-order valence-corrected chi connectivity index (χ2v) is 5.68. The summed E-state index contributed by atoms with van der Waals surface area (Å²) >= 11 is 6.14. The number of hydrogen-bond donors (Lipinski definition) is 3. The molecule has 6 nitrogen and oxygen atoms in total. The van der Waals surface area contributed by atoms with Gasteiger partial charge in [-0.05, 0) is 36.4 Å². The number of oxazole rings is 1. The molecule has 0 aliphatic heterocycles. The van der Waals surface area contributed by atoms with Crippen molar-refractivity contribution in [3.8, 4) is 17.2 Å². The van der Waals surface area contributed by atoms with E-state index in [-0.39, 0.29) is 13.2 Å². The molecule has 0 amide bonds. The number of ether oxygens (including phenoxy) is 1. The molecule has 0 saturated carbocycles. The lowest BCUT2D eigenvalue weighted by atomic mass is 10.2. The highest BCUT2D eigenvalue weighted by Crippen LogP contribution is 2.31. The molecule has 2 aromatic carbocycles. The number of nitrogens with one attached hydrogen (secondary N) is 1. The summed E-state index contributed by atoms with van der Waals surface area (Å²) in [6, 6.07) is 10.8. The van der Waals surface area contributed by atoms with E-state index in [1.807, 2.05) is 18.2 Å². The van der Waals surface area contributed by atoms with E-state index in [4.69, 9.17) is 25.9 Å². The average Bonchev–Trinajstić information content (AvgIpc) is 3.02. The number of hydrogen-bond acceptors (Lipinski definition) is 6. The maximum absolute atomic E-state index is 9.38. The summed E-state index contributed by atoms with van der Waals surface area (Å²) in [4.78, 5) is 4.47. The van der Waals surface area contributed by atoms with Crippen LogP contribution in [0.5, 0.6) is 5.75 Å². The van der Waals surface area contributed by atoms with Gasteiger partial charge in [0, 0.05) is 17.8 Å². The molecule has 0 saturated heterocycles. The summed E-state index contributed by atoms with van der Waals surface area (Å²) in [5, 5.41) is 21.7. The Morgan fingerprint density at radius 2 is 2.12 bits per heavy atom. The highest BCUT2D eigenvalue weighted by molar-refractivity contribution is 6.32. The summed E-state index contributed by atoms with van der Waals surface area (Å²) in [6.45, 7) is -0.0393. The van der Waals surface area contributed by atoms with E-state index >= 15 is 0 Å². The minimum absolute atomic E-state index is 0.251. The van der Waals surface area contributed by atoms with Crippen molar-refractivity contribution in [3.63, 3.8) is 0 Å². The zero-order chi connectivity index (χ0) is 17.1. The minimum Gasteiger partial charge on any atom is -0.495 e. The maximum Gasteiger partial charge on any atom is 0.227 e. The van der Waals surface area contributed by atoms with Gasteiger partial charge in [-0.1, -0.05) is 11.6 Å². The molecule has 0 bridgehead atoms. The van der Waals surface area contributed by atoms with Crippen LogP contribution in [0.1, 0.15) is 0 Å². The molecule has 3 rings (SSSR count). The zero-order valence-corrected chi connectivity index (χ0v) is 13.7. The van der Waals surface area contributed by atoms with Crippen molar-refractivity contribution in [2.24, 2.45) is 0 Å². The summed E-state index contributed by atoms with van der Waals surface area (Å²) < 4.78 is 10.9. The Balaban J connectivity index is 1.87. The van der Waals surface area contributed by atoms with E-state index in [2.05, 4.69) is 10.3 Å². The Hall–Kier alpha value is -2.28. The van der Waals surface area contributed by atoms with Gasteiger partial charge in [0.2, 0.25) is 5.89 Å². The van der Waals surface area contributed by atoms with Crippen LogP contribution in [0.4, 0.5) is 5.69 Å². The molecule has 1 atom stereocenters. The van der Waals surface area contributed by atoms with Crippen LogP contribution in [0.15, 0.2) is 40.8 Å². The van der Waals surface area contributed by atoms with Gasteiger partial charge in [-0.15, -0.1) is 0 Å². The Labute approximate surface area is 143 Å². The third-order valence-electron chi connectivity index (χ3n) is 3.54. The van der Waals surface area contributed by atoms with Crippen LogP contribution in [0, 0.1) is 0 Å². The molecule has 0 radical (unpaired) electrons. The first-order chi connectivity index (χ1) is 11.6. The largest absolute Gasteiger partial charge is 0.495 e. The van der Waals surface area contributed by atoms with Crippen LogP contribution < -0.4 is 10.1 Å². The second-order valence-electron chi connectivity index (χ2n) is 5.27. The number of aliphatic hydroxyl groups excluding tert-OH is 2. The highest BCUT2D eigenvalue weighted by atomic mass is 35.5. The third-order valence-corrected chi connectivity index (χ3v) is 3.83. The van der Waals surface area contributed by atoms with Gasteiger partial charge < -0.3 is 24.7 Å². The van der Waals surface area contributed by atoms with E-state index in [1.54, 1.807) is 25.3 Å². The van der Waals surface area contributed by atoms with Gasteiger partial charge in [-0.3, -0.25) is 0 Å². The monoisotopic (exact) mass is 348 g/mol. The van der Waals surface area contributed by atoms with Crippen molar-refractivity contribution in [2.75, 3.05) is 25.6 Å². The van der Waals surface area contributed by atoms with Gasteiger partial charge in [0.25, 0.3) is 0 Å². The van der Waals surface area contributed by atoms with Gasteiger partial charge >= 0.3 is 0 Å².